The number of rotatable bonds is 6. The summed E-state index contributed by atoms with van der Waals surface area (Å²) in [5.74, 6) is -2.38. The summed E-state index contributed by atoms with van der Waals surface area (Å²) in [6.07, 6.45) is 5.38. The summed E-state index contributed by atoms with van der Waals surface area (Å²) in [4.78, 5) is 22.0. The lowest BCUT2D eigenvalue weighted by Gasteiger charge is -2.17. The molecule has 15 heavy (non-hydrogen) atoms. The topological polar surface area (TPSA) is 89.6 Å². The first-order chi connectivity index (χ1) is 6.99. The van der Waals surface area contributed by atoms with Crippen molar-refractivity contribution in [3.05, 3.63) is 12.2 Å². The number of unbranched alkanes of at least 4 members (excludes halogenated alkanes) is 2. The van der Waals surface area contributed by atoms with Crippen LogP contribution in [0.1, 0.15) is 26.2 Å². The summed E-state index contributed by atoms with van der Waals surface area (Å²) in [6.45, 7) is 2.01. The van der Waals surface area contributed by atoms with Gasteiger partial charge in [-0.25, -0.2) is 9.59 Å². The summed E-state index contributed by atoms with van der Waals surface area (Å²) in [6, 6.07) is 0. The fourth-order valence-electron chi connectivity index (χ4n) is 0.987. The Labute approximate surface area is 88.9 Å². The Balaban J connectivity index is 4.59. The molecule has 0 saturated carbocycles. The number of carboxylic acid groups (broad SMARTS) is 1. The molecule has 1 unspecified atom stereocenters. The second-order valence-electron chi connectivity index (χ2n) is 3.21. The van der Waals surface area contributed by atoms with Gasteiger partial charge in [-0.05, 0) is 12.5 Å². The van der Waals surface area contributed by atoms with Crippen LogP contribution in [0.3, 0.4) is 0 Å². The van der Waals surface area contributed by atoms with Gasteiger partial charge in [0.25, 0.3) is 0 Å². The highest BCUT2D eigenvalue weighted by Gasteiger charge is 2.40. The number of esters is 1. The number of ether oxygens (including phenoxy) is 1. The van der Waals surface area contributed by atoms with Crippen molar-refractivity contribution in [2.24, 2.45) is 5.73 Å². The zero-order valence-corrected chi connectivity index (χ0v) is 9.03. The number of methoxy groups -OCH3 is 1. The maximum atomic E-state index is 11.2. The number of hydrogen-bond acceptors (Lipinski definition) is 4. The first-order valence-corrected chi connectivity index (χ1v) is 4.77. The number of allylic oxidation sites excluding steroid dienone is 1. The van der Waals surface area contributed by atoms with E-state index in [9.17, 15) is 9.59 Å². The highest BCUT2D eigenvalue weighted by atomic mass is 16.5. The quantitative estimate of drug-likeness (QED) is 0.294. The van der Waals surface area contributed by atoms with Gasteiger partial charge in [0.2, 0.25) is 5.54 Å². The Hall–Kier alpha value is -1.36. The van der Waals surface area contributed by atoms with Gasteiger partial charge in [0.1, 0.15) is 0 Å². The largest absolute Gasteiger partial charge is 0.479 e. The van der Waals surface area contributed by atoms with Crippen LogP contribution >= 0.6 is 0 Å². The van der Waals surface area contributed by atoms with Crippen molar-refractivity contribution in [2.45, 2.75) is 31.7 Å². The van der Waals surface area contributed by atoms with E-state index in [-0.39, 0.29) is 0 Å². The van der Waals surface area contributed by atoms with Crippen LogP contribution in [0, 0.1) is 0 Å². The van der Waals surface area contributed by atoms with Crippen LogP contribution in [0.4, 0.5) is 0 Å². The smallest absolute Gasteiger partial charge is 0.341 e. The molecule has 3 N–H and O–H groups in total. The van der Waals surface area contributed by atoms with Crippen molar-refractivity contribution in [1.29, 1.82) is 0 Å². The minimum absolute atomic E-state index is 0.694. The summed E-state index contributed by atoms with van der Waals surface area (Å²) in [5, 5.41) is 8.81. The van der Waals surface area contributed by atoms with Crippen LogP contribution in [0.2, 0.25) is 0 Å². The molecule has 0 radical (unpaired) electrons. The van der Waals surface area contributed by atoms with E-state index in [1.54, 1.807) is 6.08 Å². The van der Waals surface area contributed by atoms with Crippen molar-refractivity contribution in [2.75, 3.05) is 7.11 Å². The molecule has 0 rings (SSSR count). The monoisotopic (exact) mass is 215 g/mol. The molecule has 1 atom stereocenters. The number of nitrogens with two attached hydrogens (primary N) is 1. The lowest BCUT2D eigenvalue weighted by Crippen LogP contribution is -2.53. The molecule has 0 aliphatic heterocycles. The number of carboxylic acids is 1. The fourth-order valence-corrected chi connectivity index (χ4v) is 0.987. The molecule has 0 aromatic carbocycles. The first-order valence-electron chi connectivity index (χ1n) is 4.77. The predicted molar refractivity (Wildman–Crippen MR) is 55.2 cm³/mol. The van der Waals surface area contributed by atoms with Gasteiger partial charge in [0.05, 0.1) is 7.11 Å². The maximum Gasteiger partial charge on any atom is 0.341 e. The molecule has 0 aliphatic rings. The van der Waals surface area contributed by atoms with Gasteiger partial charge in [-0.15, -0.1) is 0 Å². The second-order valence-corrected chi connectivity index (χ2v) is 3.21. The molecule has 0 fully saturated rings. The minimum Gasteiger partial charge on any atom is -0.479 e. The Kier molecular flexibility index (Phi) is 5.62. The number of aliphatic carboxylic acids is 1. The maximum absolute atomic E-state index is 11.2. The van der Waals surface area contributed by atoms with Crippen LogP contribution in [-0.4, -0.2) is 29.7 Å². The van der Waals surface area contributed by atoms with Gasteiger partial charge in [-0.1, -0.05) is 25.8 Å². The van der Waals surface area contributed by atoms with E-state index in [0.29, 0.717) is 6.42 Å². The van der Waals surface area contributed by atoms with E-state index < -0.39 is 17.5 Å². The zero-order chi connectivity index (χ0) is 11.9. The minimum atomic E-state index is -2.07. The lowest BCUT2D eigenvalue weighted by atomic mass is 10.00. The molecule has 0 aromatic rings. The van der Waals surface area contributed by atoms with Crippen LogP contribution < -0.4 is 5.73 Å². The summed E-state index contributed by atoms with van der Waals surface area (Å²) in [7, 11) is 1.10. The molecule has 0 saturated heterocycles. The Morgan fingerprint density at radius 1 is 1.53 bits per heavy atom. The van der Waals surface area contributed by atoms with E-state index in [1.807, 2.05) is 6.92 Å². The van der Waals surface area contributed by atoms with Crippen molar-refractivity contribution in [1.82, 2.24) is 0 Å². The van der Waals surface area contributed by atoms with Crippen molar-refractivity contribution < 1.29 is 19.4 Å². The third-order valence-electron chi connectivity index (χ3n) is 1.98. The van der Waals surface area contributed by atoms with E-state index in [0.717, 1.165) is 20.0 Å². The third-order valence-corrected chi connectivity index (χ3v) is 1.98. The van der Waals surface area contributed by atoms with E-state index in [1.165, 1.54) is 6.08 Å². The van der Waals surface area contributed by atoms with Gasteiger partial charge in [0.15, 0.2) is 0 Å². The molecular weight excluding hydrogens is 198 g/mol. The van der Waals surface area contributed by atoms with Crippen LogP contribution in [0.5, 0.6) is 0 Å². The van der Waals surface area contributed by atoms with Gasteiger partial charge in [-0.3, -0.25) is 0 Å². The van der Waals surface area contributed by atoms with Crippen LogP contribution in [0.15, 0.2) is 12.2 Å². The van der Waals surface area contributed by atoms with Gasteiger partial charge in [-0.2, -0.15) is 0 Å². The van der Waals surface area contributed by atoms with Crippen LogP contribution in [-0.2, 0) is 14.3 Å². The van der Waals surface area contributed by atoms with Crippen molar-refractivity contribution in [3.8, 4) is 0 Å². The molecule has 0 spiro atoms. The first kappa shape index (κ1) is 13.6. The molecule has 0 amide bonds. The second kappa shape index (κ2) is 6.19. The standard InChI is InChI=1S/C10H17NO4/c1-3-4-5-6-7-10(11,8(12)13)9(14)15-2/h6-7H,3-5,11H2,1-2H3,(H,12,13). The highest BCUT2D eigenvalue weighted by molar-refractivity contribution is 6.06. The molecule has 0 heterocycles. The summed E-state index contributed by atoms with van der Waals surface area (Å²) < 4.78 is 4.34. The van der Waals surface area contributed by atoms with E-state index in [2.05, 4.69) is 4.74 Å². The number of carbonyl (C=O) groups excluding carboxylic acids is 1. The Morgan fingerprint density at radius 2 is 2.13 bits per heavy atom. The van der Waals surface area contributed by atoms with Gasteiger partial charge >= 0.3 is 11.9 Å². The normalized spacial score (nSPS) is 14.9. The SMILES string of the molecule is CCCCC=CC(N)(C(=O)O)C(=O)OC. The zero-order valence-electron chi connectivity index (χ0n) is 9.03. The van der Waals surface area contributed by atoms with Crippen molar-refractivity contribution >= 4 is 11.9 Å². The third kappa shape index (κ3) is 3.71. The molecule has 5 nitrogen and oxygen atoms in total. The lowest BCUT2D eigenvalue weighted by molar-refractivity contribution is -0.156. The summed E-state index contributed by atoms with van der Waals surface area (Å²) >= 11 is 0. The van der Waals surface area contributed by atoms with E-state index in [4.69, 9.17) is 10.8 Å². The average molecular weight is 215 g/mol. The molecule has 86 valence electrons. The Morgan fingerprint density at radius 3 is 2.53 bits per heavy atom. The number of hydrogen-bond donors (Lipinski definition) is 2. The molecule has 5 heteroatoms. The summed E-state index contributed by atoms with van der Waals surface area (Å²) in [5.41, 5.74) is 3.35. The van der Waals surface area contributed by atoms with Crippen molar-refractivity contribution in [3.63, 3.8) is 0 Å². The predicted octanol–water partition coefficient (Wildman–Crippen LogP) is 0.688. The number of carbonyl (C=O) groups is 2. The Bertz CT molecular complexity index is 262. The fraction of sp³-hybridized carbons (Fsp3) is 0.600. The molecule has 0 aliphatic carbocycles. The van der Waals surface area contributed by atoms with Gasteiger partial charge < -0.3 is 15.6 Å². The molecular formula is C10H17NO4. The molecule has 0 bridgehead atoms. The van der Waals surface area contributed by atoms with Crippen LogP contribution in [0.25, 0.3) is 0 Å². The highest BCUT2D eigenvalue weighted by Crippen LogP contribution is 2.08. The molecule has 0 aromatic heterocycles. The average Bonchev–Trinajstić information content (AvgIpc) is 2.22. The van der Waals surface area contributed by atoms with Gasteiger partial charge in [0, 0.05) is 0 Å². The van der Waals surface area contributed by atoms with E-state index >= 15 is 0 Å².